The Bertz CT molecular complexity index is 504. The summed E-state index contributed by atoms with van der Waals surface area (Å²) in [6.45, 7) is 6.14. The number of fused-ring (bicyclic) bond motifs is 1. The molecular formula is C18H26LiN2O2-. The number of carbonyl (C=O) groups is 1. The molecule has 0 bridgehead atoms. The summed E-state index contributed by atoms with van der Waals surface area (Å²) in [7, 11) is 0. The molecule has 1 aromatic rings. The van der Waals surface area contributed by atoms with E-state index < -0.39 is 5.97 Å². The molecule has 23 heavy (non-hydrogen) atoms. The van der Waals surface area contributed by atoms with Crippen molar-refractivity contribution < 1.29 is 28.8 Å². The number of hydrogen-bond acceptors (Lipinski definition) is 3. The van der Waals surface area contributed by atoms with Crippen LogP contribution >= 0.6 is 0 Å². The van der Waals surface area contributed by atoms with Crippen LogP contribution in [0.3, 0.4) is 0 Å². The van der Waals surface area contributed by atoms with Gasteiger partial charge in [-0.25, -0.2) is 11.4 Å². The zero-order valence-corrected chi connectivity index (χ0v) is 14.3. The van der Waals surface area contributed by atoms with Gasteiger partial charge in [0, 0.05) is 18.2 Å². The summed E-state index contributed by atoms with van der Waals surface area (Å²) in [4.78, 5) is 14.6. The summed E-state index contributed by atoms with van der Waals surface area (Å²) in [6.07, 6.45) is 9.02. The molecule has 3 rings (SSSR count). The zero-order chi connectivity index (χ0) is 15.9. The maximum absolute atomic E-state index is 9.89. The van der Waals surface area contributed by atoms with Crippen molar-refractivity contribution in [2.75, 3.05) is 11.9 Å². The van der Waals surface area contributed by atoms with Gasteiger partial charge < -0.3 is 23.8 Å². The monoisotopic (exact) mass is 309 g/mol. The van der Waals surface area contributed by atoms with Crippen LogP contribution in [0.15, 0.2) is 12.1 Å². The van der Waals surface area contributed by atoms with Crippen LogP contribution in [0.25, 0.3) is 0 Å². The Morgan fingerprint density at radius 1 is 1.57 bits per heavy atom. The van der Waals surface area contributed by atoms with Gasteiger partial charge in [0.2, 0.25) is 0 Å². The number of anilines is 1. The molecule has 2 aliphatic rings. The third kappa shape index (κ3) is 6.97. The first kappa shape index (κ1) is 20.1. The zero-order valence-electron chi connectivity index (χ0n) is 14.3. The number of carboxylic acids is 1. The van der Waals surface area contributed by atoms with Crippen molar-refractivity contribution in [3.63, 3.8) is 0 Å². The van der Waals surface area contributed by atoms with Gasteiger partial charge >= 0.3 is 24.8 Å². The first-order valence-electron chi connectivity index (χ1n) is 8.18. The van der Waals surface area contributed by atoms with Gasteiger partial charge in [-0.1, -0.05) is 19.4 Å². The summed E-state index contributed by atoms with van der Waals surface area (Å²) in [5.41, 5.74) is 2.64. The van der Waals surface area contributed by atoms with Crippen LogP contribution in [-0.4, -0.2) is 22.6 Å². The second-order valence-electron chi connectivity index (χ2n) is 6.14. The van der Waals surface area contributed by atoms with Crippen LogP contribution in [0.4, 0.5) is 5.82 Å². The Morgan fingerprint density at radius 2 is 2.30 bits per heavy atom. The topological polar surface area (TPSA) is 62.2 Å². The molecule has 1 aromatic heterocycles. The van der Waals surface area contributed by atoms with Crippen molar-refractivity contribution in [2.24, 2.45) is 11.8 Å². The van der Waals surface area contributed by atoms with Crippen LogP contribution in [-0.2, 0) is 17.6 Å². The van der Waals surface area contributed by atoms with E-state index in [2.05, 4.69) is 35.8 Å². The normalized spacial score (nSPS) is 19.1. The number of aryl methyl sites for hydroxylation is 2. The number of carboxylic acid groups (broad SMARTS) is 1. The van der Waals surface area contributed by atoms with Crippen molar-refractivity contribution >= 4 is 11.8 Å². The van der Waals surface area contributed by atoms with Crippen molar-refractivity contribution in [1.29, 1.82) is 0 Å². The Balaban J connectivity index is 0.000000287. The quantitative estimate of drug-likeness (QED) is 0.615. The largest absolute Gasteiger partial charge is 1.00 e. The first-order chi connectivity index (χ1) is 10.6. The van der Waals surface area contributed by atoms with Gasteiger partial charge in [-0.3, -0.25) is 4.79 Å². The smallest absolute Gasteiger partial charge is 0.481 e. The SMILES string of the molecule is [CH2-]CC(C)C(=O)O.[Li+].c1cc2c(nc1CC[C@@H]1[CH-]C1)NCCC2. The number of nitrogens with zero attached hydrogens (tertiary/aromatic N) is 1. The molecule has 4 nitrogen and oxygen atoms in total. The van der Waals surface area contributed by atoms with Crippen LogP contribution in [0, 0.1) is 25.2 Å². The number of aromatic nitrogens is 1. The molecule has 1 aliphatic heterocycles. The standard InChI is InChI=1S/C13H17N2.C5H9O2.Li/c1-2-11-6-8-12(7-5-10-3-4-10)15-13(11)14-9-1;1-3-4(2)5(6)7;/h3,6,8,10H,1-2,4-5,7,9H2,(H,14,15);4H,1,3H2,2H3,(H,6,7);/q2*-1;+1/t10-;;/m1../s1. The van der Waals surface area contributed by atoms with E-state index in [1.165, 1.54) is 36.9 Å². The molecule has 0 spiro atoms. The van der Waals surface area contributed by atoms with Crippen molar-refractivity contribution in [1.82, 2.24) is 4.98 Å². The van der Waals surface area contributed by atoms with Gasteiger partial charge in [0.05, 0.1) is 0 Å². The molecule has 0 aromatic carbocycles. The first-order valence-corrected chi connectivity index (χ1v) is 8.18. The Hall–Kier alpha value is -0.983. The fourth-order valence-electron chi connectivity index (χ4n) is 2.30. The van der Waals surface area contributed by atoms with Crippen molar-refractivity contribution in [3.05, 3.63) is 36.7 Å². The van der Waals surface area contributed by atoms with Gasteiger partial charge in [-0.2, -0.15) is 12.3 Å². The van der Waals surface area contributed by atoms with Gasteiger partial charge in [0.25, 0.3) is 0 Å². The van der Waals surface area contributed by atoms with E-state index >= 15 is 0 Å². The minimum Gasteiger partial charge on any atom is -0.481 e. The Morgan fingerprint density at radius 3 is 2.87 bits per heavy atom. The second kappa shape index (κ2) is 10.0. The molecule has 1 aliphatic carbocycles. The van der Waals surface area contributed by atoms with E-state index in [0.29, 0.717) is 6.42 Å². The Kier molecular flexibility index (Phi) is 8.72. The summed E-state index contributed by atoms with van der Waals surface area (Å²) < 4.78 is 0. The molecule has 5 heteroatoms. The van der Waals surface area contributed by atoms with Gasteiger partial charge in [-0.05, 0) is 30.9 Å². The molecule has 1 fully saturated rings. The maximum Gasteiger partial charge on any atom is 1.00 e. The second-order valence-corrected chi connectivity index (χ2v) is 6.14. The molecular weight excluding hydrogens is 283 g/mol. The molecule has 0 amide bonds. The molecule has 2 atom stereocenters. The molecule has 2 heterocycles. The van der Waals surface area contributed by atoms with E-state index in [-0.39, 0.29) is 24.8 Å². The predicted octanol–water partition coefficient (Wildman–Crippen LogP) is 0.532. The van der Waals surface area contributed by atoms with Crippen molar-refractivity contribution in [3.8, 4) is 0 Å². The van der Waals surface area contributed by atoms with E-state index in [9.17, 15) is 4.79 Å². The third-order valence-electron chi connectivity index (χ3n) is 4.15. The molecule has 0 saturated heterocycles. The summed E-state index contributed by atoms with van der Waals surface area (Å²) in [5.74, 6) is 0.962. The van der Waals surface area contributed by atoms with Gasteiger partial charge in [0.15, 0.2) is 0 Å². The fourth-order valence-corrected chi connectivity index (χ4v) is 2.30. The number of nitrogens with one attached hydrogen (secondary N) is 1. The number of aliphatic carboxylic acids is 1. The fraction of sp³-hybridized carbons (Fsp3) is 0.556. The number of pyridine rings is 1. The minimum atomic E-state index is -0.769. The molecule has 0 radical (unpaired) electrons. The average Bonchev–Trinajstić information content (AvgIpc) is 3.36. The summed E-state index contributed by atoms with van der Waals surface area (Å²) in [6, 6.07) is 4.45. The van der Waals surface area contributed by atoms with Crippen molar-refractivity contribution in [2.45, 2.75) is 45.4 Å². The minimum absolute atomic E-state index is 0. The van der Waals surface area contributed by atoms with Gasteiger partial charge in [0.1, 0.15) is 5.82 Å². The number of rotatable bonds is 5. The number of hydrogen-bond donors (Lipinski definition) is 2. The third-order valence-corrected chi connectivity index (χ3v) is 4.15. The van der Waals surface area contributed by atoms with Gasteiger partial charge in [-0.15, -0.1) is 0 Å². The van der Waals surface area contributed by atoms with E-state index in [1.54, 1.807) is 6.92 Å². The van der Waals surface area contributed by atoms with E-state index in [4.69, 9.17) is 5.11 Å². The average molecular weight is 309 g/mol. The van der Waals surface area contributed by atoms with Crippen LogP contribution in [0.2, 0.25) is 0 Å². The molecule has 122 valence electrons. The van der Waals surface area contributed by atoms with Crippen LogP contribution in [0.1, 0.15) is 43.9 Å². The summed E-state index contributed by atoms with van der Waals surface area (Å²) in [5, 5.41) is 11.5. The van der Waals surface area contributed by atoms with Crippen LogP contribution < -0.4 is 24.2 Å². The van der Waals surface area contributed by atoms with E-state index in [0.717, 1.165) is 24.7 Å². The summed E-state index contributed by atoms with van der Waals surface area (Å²) >= 11 is 0. The molecule has 1 unspecified atom stereocenters. The predicted molar refractivity (Wildman–Crippen MR) is 88.5 cm³/mol. The van der Waals surface area contributed by atoms with Crippen LogP contribution in [0.5, 0.6) is 0 Å². The molecule has 2 N–H and O–H groups in total. The molecule has 1 saturated carbocycles. The maximum atomic E-state index is 9.89. The Labute approximate surface area is 151 Å². The van der Waals surface area contributed by atoms with E-state index in [1.807, 2.05) is 0 Å².